The van der Waals surface area contributed by atoms with Gasteiger partial charge in [-0.15, -0.1) is 0 Å². The van der Waals surface area contributed by atoms with Gasteiger partial charge in [0.15, 0.2) is 0 Å². The lowest BCUT2D eigenvalue weighted by Gasteiger charge is -2.19. The van der Waals surface area contributed by atoms with Crippen molar-refractivity contribution < 1.29 is 14.1 Å². The first-order valence-electron chi connectivity index (χ1n) is 9.69. The van der Waals surface area contributed by atoms with E-state index in [0.717, 1.165) is 29.8 Å². The molecule has 3 aromatic rings. The molecule has 2 heterocycles. The van der Waals surface area contributed by atoms with Crippen molar-refractivity contribution in [1.82, 2.24) is 10.1 Å². The van der Waals surface area contributed by atoms with Crippen molar-refractivity contribution >= 4 is 23.2 Å². The van der Waals surface area contributed by atoms with E-state index in [-0.39, 0.29) is 18.2 Å². The third-order valence-corrected chi connectivity index (χ3v) is 4.91. The lowest BCUT2D eigenvalue weighted by Crippen LogP contribution is -2.24. The highest BCUT2D eigenvalue weighted by atomic mass is 16.5. The molecule has 2 amide bonds. The second kappa shape index (κ2) is 8.26. The molecule has 0 atom stereocenters. The van der Waals surface area contributed by atoms with Crippen LogP contribution in [0.3, 0.4) is 0 Å². The molecule has 0 saturated carbocycles. The topological polar surface area (TPSA) is 88.3 Å². The standard InChI is InChI=1S/C22H22N4O3/c1-15-14-17(9-10-18(15)26-13-5-8-21(26)28)23-19(27)11-12-20-24-22(25-29-20)16-6-3-2-4-7-16/h2-4,6-7,9-10,14H,5,8,11-13H2,1H3,(H,23,27). The van der Waals surface area contributed by atoms with Crippen LogP contribution in [0.25, 0.3) is 11.4 Å². The molecule has 1 aromatic heterocycles. The predicted octanol–water partition coefficient (Wildman–Crippen LogP) is 3.74. The Kier molecular flexibility index (Phi) is 5.37. The van der Waals surface area contributed by atoms with Crippen molar-refractivity contribution in [3.8, 4) is 11.4 Å². The van der Waals surface area contributed by atoms with Gasteiger partial charge in [-0.2, -0.15) is 4.98 Å². The minimum Gasteiger partial charge on any atom is -0.339 e. The van der Waals surface area contributed by atoms with Crippen molar-refractivity contribution in [1.29, 1.82) is 0 Å². The number of nitrogens with zero attached hydrogens (tertiary/aromatic N) is 3. The van der Waals surface area contributed by atoms with E-state index >= 15 is 0 Å². The fourth-order valence-electron chi connectivity index (χ4n) is 3.44. The minimum absolute atomic E-state index is 0.131. The first kappa shape index (κ1) is 18.9. The van der Waals surface area contributed by atoms with E-state index in [1.54, 1.807) is 4.90 Å². The molecule has 4 rings (SSSR count). The smallest absolute Gasteiger partial charge is 0.227 e. The number of carbonyl (C=O) groups is 2. The number of hydrogen-bond acceptors (Lipinski definition) is 5. The van der Waals surface area contributed by atoms with Crippen molar-refractivity contribution in [2.75, 3.05) is 16.8 Å². The number of nitrogens with one attached hydrogen (secondary N) is 1. The number of anilines is 2. The molecule has 1 fully saturated rings. The van der Waals surface area contributed by atoms with Crippen LogP contribution in [0, 0.1) is 6.92 Å². The van der Waals surface area contributed by atoms with Crippen LogP contribution in [-0.4, -0.2) is 28.5 Å². The van der Waals surface area contributed by atoms with Crippen LogP contribution in [0.2, 0.25) is 0 Å². The summed E-state index contributed by atoms with van der Waals surface area (Å²) in [6.45, 7) is 2.70. The fourth-order valence-corrected chi connectivity index (χ4v) is 3.44. The summed E-state index contributed by atoms with van der Waals surface area (Å²) in [5.74, 6) is 0.968. The molecule has 7 nitrogen and oxygen atoms in total. The summed E-state index contributed by atoms with van der Waals surface area (Å²) < 4.78 is 5.24. The van der Waals surface area contributed by atoms with Crippen molar-refractivity contribution in [3.63, 3.8) is 0 Å². The monoisotopic (exact) mass is 390 g/mol. The molecule has 1 N–H and O–H groups in total. The van der Waals surface area contributed by atoms with E-state index in [1.807, 2.05) is 55.5 Å². The van der Waals surface area contributed by atoms with Gasteiger partial charge in [-0.3, -0.25) is 9.59 Å². The molecule has 0 aliphatic carbocycles. The highest BCUT2D eigenvalue weighted by Gasteiger charge is 2.23. The normalized spacial score (nSPS) is 13.7. The Labute approximate surface area is 168 Å². The van der Waals surface area contributed by atoms with Crippen molar-refractivity contribution in [2.45, 2.75) is 32.6 Å². The first-order valence-corrected chi connectivity index (χ1v) is 9.69. The Morgan fingerprint density at radius 2 is 2.03 bits per heavy atom. The van der Waals surface area contributed by atoms with Gasteiger partial charge in [0.1, 0.15) is 0 Å². The van der Waals surface area contributed by atoms with Gasteiger partial charge in [0.2, 0.25) is 23.5 Å². The summed E-state index contributed by atoms with van der Waals surface area (Å²) in [5.41, 5.74) is 3.45. The van der Waals surface area contributed by atoms with E-state index in [0.29, 0.717) is 30.2 Å². The zero-order chi connectivity index (χ0) is 20.2. The van der Waals surface area contributed by atoms with Crippen LogP contribution < -0.4 is 10.2 Å². The highest BCUT2D eigenvalue weighted by molar-refractivity contribution is 5.97. The average molecular weight is 390 g/mol. The molecule has 29 heavy (non-hydrogen) atoms. The zero-order valence-corrected chi connectivity index (χ0v) is 16.2. The molecule has 1 aliphatic rings. The summed E-state index contributed by atoms with van der Waals surface area (Å²) in [4.78, 5) is 30.4. The molecule has 1 aliphatic heterocycles. The molecule has 0 bridgehead atoms. The molecule has 148 valence electrons. The van der Waals surface area contributed by atoms with Crippen molar-refractivity contribution in [2.24, 2.45) is 0 Å². The van der Waals surface area contributed by atoms with E-state index < -0.39 is 0 Å². The van der Waals surface area contributed by atoms with Gasteiger partial charge in [-0.05, 0) is 37.1 Å². The first-order chi connectivity index (χ1) is 14.1. The molecule has 1 saturated heterocycles. The Bertz CT molecular complexity index is 1030. The summed E-state index contributed by atoms with van der Waals surface area (Å²) in [5, 5.41) is 6.85. The zero-order valence-electron chi connectivity index (χ0n) is 16.2. The van der Waals surface area contributed by atoms with Crippen LogP contribution in [-0.2, 0) is 16.0 Å². The SMILES string of the molecule is Cc1cc(NC(=O)CCc2nc(-c3ccccc3)no2)ccc1N1CCCC1=O. The Balaban J connectivity index is 1.34. The van der Waals surface area contributed by atoms with Crippen molar-refractivity contribution in [3.05, 3.63) is 60.0 Å². The number of aryl methyl sites for hydroxylation is 2. The number of hydrogen-bond donors (Lipinski definition) is 1. The maximum absolute atomic E-state index is 12.3. The maximum Gasteiger partial charge on any atom is 0.227 e. The summed E-state index contributed by atoms with van der Waals surface area (Å²) >= 11 is 0. The van der Waals surface area contributed by atoms with E-state index in [1.165, 1.54) is 0 Å². The van der Waals surface area contributed by atoms with E-state index in [4.69, 9.17) is 4.52 Å². The quantitative estimate of drug-likeness (QED) is 0.693. The van der Waals surface area contributed by atoms with Crippen LogP contribution in [0.4, 0.5) is 11.4 Å². The second-order valence-electron chi connectivity index (χ2n) is 7.08. The number of rotatable bonds is 6. The van der Waals surface area contributed by atoms with E-state index in [9.17, 15) is 9.59 Å². The van der Waals surface area contributed by atoms with Crippen LogP contribution in [0.15, 0.2) is 53.1 Å². The predicted molar refractivity (Wildman–Crippen MR) is 109 cm³/mol. The van der Waals surface area contributed by atoms with Gasteiger partial charge < -0.3 is 14.7 Å². The van der Waals surface area contributed by atoms with Gasteiger partial charge in [0.25, 0.3) is 0 Å². The average Bonchev–Trinajstić information content (AvgIpc) is 3.36. The number of carbonyl (C=O) groups excluding carboxylic acids is 2. The molecular formula is C22H22N4O3. The minimum atomic E-state index is -0.131. The Morgan fingerprint density at radius 3 is 2.76 bits per heavy atom. The third-order valence-electron chi connectivity index (χ3n) is 4.91. The van der Waals surface area contributed by atoms with Crippen LogP contribution in [0.1, 0.15) is 30.7 Å². The lowest BCUT2D eigenvalue weighted by atomic mass is 10.1. The number of aromatic nitrogens is 2. The number of benzene rings is 2. The van der Waals surface area contributed by atoms with Crippen LogP contribution in [0.5, 0.6) is 0 Å². The summed E-state index contributed by atoms with van der Waals surface area (Å²) in [6, 6.07) is 15.2. The van der Waals surface area contributed by atoms with E-state index in [2.05, 4.69) is 15.5 Å². The molecule has 0 spiro atoms. The number of amides is 2. The fraction of sp³-hybridized carbons (Fsp3) is 0.273. The molecular weight excluding hydrogens is 368 g/mol. The van der Waals surface area contributed by atoms with Gasteiger partial charge in [0, 0.05) is 42.7 Å². The summed E-state index contributed by atoms with van der Waals surface area (Å²) in [6.07, 6.45) is 2.09. The highest BCUT2D eigenvalue weighted by Crippen LogP contribution is 2.27. The lowest BCUT2D eigenvalue weighted by molar-refractivity contribution is -0.117. The van der Waals surface area contributed by atoms with Gasteiger partial charge >= 0.3 is 0 Å². The molecule has 7 heteroatoms. The second-order valence-corrected chi connectivity index (χ2v) is 7.08. The van der Waals surface area contributed by atoms with Crippen LogP contribution >= 0.6 is 0 Å². The van der Waals surface area contributed by atoms with Gasteiger partial charge in [-0.1, -0.05) is 35.5 Å². The molecule has 0 unspecified atom stereocenters. The molecule has 0 radical (unpaired) electrons. The van der Waals surface area contributed by atoms with Gasteiger partial charge in [0.05, 0.1) is 0 Å². The maximum atomic E-state index is 12.3. The largest absolute Gasteiger partial charge is 0.339 e. The Morgan fingerprint density at radius 1 is 1.21 bits per heavy atom. The van der Waals surface area contributed by atoms with Gasteiger partial charge in [-0.25, -0.2) is 0 Å². The third kappa shape index (κ3) is 4.34. The Hall–Kier alpha value is -3.48. The summed E-state index contributed by atoms with van der Waals surface area (Å²) in [7, 11) is 0. The molecule has 2 aromatic carbocycles.